The minimum absolute atomic E-state index is 0.250. The number of aryl methyl sites for hydroxylation is 2. The fourth-order valence-electron chi connectivity index (χ4n) is 3.92. The number of nitrogens with one attached hydrogen (secondary N) is 2. The minimum Gasteiger partial charge on any atom is -0.372 e. The van der Waals surface area contributed by atoms with E-state index in [1.807, 2.05) is 36.5 Å². The second-order valence-electron chi connectivity index (χ2n) is 7.61. The van der Waals surface area contributed by atoms with E-state index in [1.54, 1.807) is 12.4 Å². The molecule has 0 unspecified atom stereocenters. The Kier molecular flexibility index (Phi) is 9.20. The number of aromatic nitrogens is 2. The van der Waals surface area contributed by atoms with Crippen LogP contribution >= 0.6 is 11.3 Å². The lowest BCUT2D eigenvalue weighted by atomic mass is 9.97. The lowest BCUT2D eigenvalue weighted by molar-refractivity contribution is -0.106. The zero-order chi connectivity index (χ0) is 23.5. The summed E-state index contributed by atoms with van der Waals surface area (Å²) in [5.74, 6) is 0.989. The van der Waals surface area contributed by atoms with E-state index in [2.05, 4.69) is 57.2 Å². The molecule has 1 aromatic carbocycles. The van der Waals surface area contributed by atoms with Crippen LogP contribution < -0.4 is 16.4 Å². The van der Waals surface area contributed by atoms with Gasteiger partial charge >= 0.3 is 0 Å². The van der Waals surface area contributed by atoms with Crippen molar-refractivity contribution >= 4 is 39.5 Å². The number of amides is 1. The van der Waals surface area contributed by atoms with E-state index in [1.165, 1.54) is 40.7 Å². The van der Waals surface area contributed by atoms with Crippen molar-refractivity contribution in [1.29, 1.82) is 0 Å². The van der Waals surface area contributed by atoms with E-state index in [9.17, 15) is 0 Å². The van der Waals surface area contributed by atoms with Gasteiger partial charge < -0.3 is 16.4 Å². The Balaban J connectivity index is 0.000000968. The van der Waals surface area contributed by atoms with Crippen LogP contribution in [0.25, 0.3) is 10.2 Å². The molecule has 7 heteroatoms. The fraction of sp³-hybridized carbons (Fsp3) is 0.269. The molecule has 6 nitrogen and oxygen atoms in total. The topological polar surface area (TPSA) is 92.9 Å². The Hall–Kier alpha value is -3.45. The zero-order valence-corrected chi connectivity index (χ0v) is 19.8. The highest BCUT2D eigenvalue weighted by atomic mass is 32.1. The second-order valence-corrected chi connectivity index (χ2v) is 8.69. The van der Waals surface area contributed by atoms with Crippen LogP contribution in [0.5, 0.6) is 0 Å². The number of allylic oxidation sites excluding steroid dienone is 4. The van der Waals surface area contributed by atoms with E-state index in [-0.39, 0.29) is 6.41 Å². The van der Waals surface area contributed by atoms with Gasteiger partial charge in [-0.1, -0.05) is 30.9 Å². The van der Waals surface area contributed by atoms with E-state index in [4.69, 9.17) is 4.79 Å². The molecule has 4 N–H and O–H groups in total. The Labute approximate surface area is 199 Å². The molecule has 1 amide bonds. The lowest BCUT2D eigenvalue weighted by Crippen LogP contribution is -2.08. The van der Waals surface area contributed by atoms with Gasteiger partial charge in [-0.15, -0.1) is 11.3 Å². The summed E-state index contributed by atoms with van der Waals surface area (Å²) in [5.41, 5.74) is 9.03. The molecule has 0 spiro atoms. The third-order valence-electron chi connectivity index (χ3n) is 5.34. The molecule has 2 aromatic heterocycles. The van der Waals surface area contributed by atoms with Gasteiger partial charge in [0.25, 0.3) is 0 Å². The standard InChI is InChI=1S/C25H28N4S.CH3NO/c1-3-7-19(8-4-2)29-20-13-11-18(12-14-20)15-16-26-24-23-21-9-5-6-10-22(21)30-25(23)28-17-27-24;2-1-3/h3-4,7-8,11-14,17,29H,1,5-6,9-10,15-16H2,2H3,(H,26,27,28);1H,(H2,2,3)/b8-4-,19-7+;. The van der Waals surface area contributed by atoms with E-state index >= 15 is 0 Å². The van der Waals surface area contributed by atoms with Crippen LogP contribution in [0.15, 0.2) is 67.2 Å². The number of benzene rings is 1. The van der Waals surface area contributed by atoms with Gasteiger partial charge in [-0.05, 0) is 74.4 Å². The minimum atomic E-state index is 0.250. The third-order valence-corrected chi connectivity index (χ3v) is 6.54. The Morgan fingerprint density at radius 1 is 1.21 bits per heavy atom. The van der Waals surface area contributed by atoms with Crippen molar-refractivity contribution in [2.75, 3.05) is 17.2 Å². The van der Waals surface area contributed by atoms with Crippen LogP contribution in [0.1, 0.15) is 35.8 Å². The van der Waals surface area contributed by atoms with E-state index in [0.717, 1.165) is 41.4 Å². The lowest BCUT2D eigenvalue weighted by Gasteiger charge is -2.12. The highest BCUT2D eigenvalue weighted by molar-refractivity contribution is 7.19. The highest BCUT2D eigenvalue weighted by Crippen LogP contribution is 2.38. The Bertz CT molecular complexity index is 1130. The molecule has 33 heavy (non-hydrogen) atoms. The largest absolute Gasteiger partial charge is 0.372 e. The molecule has 1 aliphatic rings. The van der Waals surface area contributed by atoms with Gasteiger partial charge in [0.2, 0.25) is 6.41 Å². The molecular formula is C26H31N5OS. The van der Waals surface area contributed by atoms with Crippen molar-refractivity contribution < 1.29 is 4.79 Å². The first-order chi connectivity index (χ1) is 16.2. The smallest absolute Gasteiger partial charge is 0.204 e. The molecule has 3 aromatic rings. The normalized spacial score (nSPS) is 13.2. The average Bonchev–Trinajstić information content (AvgIpc) is 3.21. The summed E-state index contributed by atoms with van der Waals surface area (Å²) < 4.78 is 0. The van der Waals surface area contributed by atoms with Crippen LogP contribution in [0, 0.1) is 0 Å². The van der Waals surface area contributed by atoms with Crippen molar-refractivity contribution in [3.8, 4) is 0 Å². The molecule has 0 radical (unpaired) electrons. The van der Waals surface area contributed by atoms with Crippen molar-refractivity contribution in [2.45, 2.75) is 39.0 Å². The van der Waals surface area contributed by atoms with Crippen molar-refractivity contribution in [3.05, 3.63) is 83.2 Å². The number of primary amides is 1. The molecule has 0 saturated carbocycles. The summed E-state index contributed by atoms with van der Waals surface area (Å²) in [6.45, 7) is 6.63. The number of carbonyl (C=O) groups excluding carboxylic acids is 1. The van der Waals surface area contributed by atoms with Gasteiger partial charge in [0.15, 0.2) is 0 Å². The van der Waals surface area contributed by atoms with Gasteiger partial charge in [-0.2, -0.15) is 0 Å². The zero-order valence-electron chi connectivity index (χ0n) is 19.0. The van der Waals surface area contributed by atoms with E-state index < -0.39 is 0 Å². The molecule has 0 fully saturated rings. The number of nitrogens with two attached hydrogens (primary N) is 1. The molecule has 0 aliphatic heterocycles. The summed E-state index contributed by atoms with van der Waals surface area (Å²) >= 11 is 1.84. The van der Waals surface area contributed by atoms with Gasteiger partial charge in [0.1, 0.15) is 17.0 Å². The Morgan fingerprint density at radius 3 is 2.70 bits per heavy atom. The molecular weight excluding hydrogens is 430 g/mol. The van der Waals surface area contributed by atoms with Crippen LogP contribution in [0.2, 0.25) is 0 Å². The first kappa shape index (κ1) is 24.2. The number of hydrogen-bond donors (Lipinski definition) is 3. The third kappa shape index (κ3) is 6.52. The van der Waals surface area contributed by atoms with Crippen LogP contribution in [0.3, 0.4) is 0 Å². The SMILES string of the molecule is C=C/C=C(\C=C/C)Nc1ccc(CCNc2ncnc3sc4c(c23)CCCC4)cc1.NC=O. The number of thiophene rings is 1. The summed E-state index contributed by atoms with van der Waals surface area (Å²) in [6.07, 6.45) is 15.6. The summed E-state index contributed by atoms with van der Waals surface area (Å²) in [5, 5.41) is 8.22. The predicted molar refractivity (Wildman–Crippen MR) is 140 cm³/mol. The summed E-state index contributed by atoms with van der Waals surface area (Å²) in [6, 6.07) is 8.59. The van der Waals surface area contributed by atoms with Crippen LogP contribution in [-0.2, 0) is 24.1 Å². The summed E-state index contributed by atoms with van der Waals surface area (Å²) in [7, 11) is 0. The van der Waals surface area contributed by atoms with Gasteiger partial charge in [0, 0.05) is 22.8 Å². The van der Waals surface area contributed by atoms with Crippen LogP contribution in [0.4, 0.5) is 11.5 Å². The molecule has 1 aliphatic carbocycles. The molecule has 0 atom stereocenters. The van der Waals surface area contributed by atoms with Crippen molar-refractivity contribution in [2.24, 2.45) is 5.73 Å². The monoisotopic (exact) mass is 461 g/mol. The van der Waals surface area contributed by atoms with Crippen molar-refractivity contribution in [1.82, 2.24) is 9.97 Å². The number of rotatable bonds is 8. The van der Waals surface area contributed by atoms with Gasteiger partial charge in [0.05, 0.1) is 5.39 Å². The maximum Gasteiger partial charge on any atom is 0.204 e. The van der Waals surface area contributed by atoms with Gasteiger partial charge in [-0.3, -0.25) is 4.79 Å². The average molecular weight is 462 g/mol. The first-order valence-corrected chi connectivity index (χ1v) is 12.0. The number of fused-ring (bicyclic) bond motifs is 3. The highest BCUT2D eigenvalue weighted by Gasteiger charge is 2.19. The molecule has 2 heterocycles. The quantitative estimate of drug-likeness (QED) is 0.309. The molecule has 0 bridgehead atoms. The number of anilines is 2. The number of nitrogens with zero attached hydrogens (tertiary/aromatic N) is 2. The number of carbonyl (C=O) groups is 1. The second kappa shape index (κ2) is 12.6. The maximum absolute atomic E-state index is 8.58. The molecule has 0 saturated heterocycles. The Morgan fingerprint density at radius 2 is 1.97 bits per heavy atom. The maximum atomic E-state index is 8.58. The molecule has 4 rings (SSSR count). The summed E-state index contributed by atoms with van der Waals surface area (Å²) in [4.78, 5) is 20.3. The number of hydrogen-bond acceptors (Lipinski definition) is 6. The first-order valence-electron chi connectivity index (χ1n) is 11.2. The van der Waals surface area contributed by atoms with Gasteiger partial charge in [-0.25, -0.2) is 9.97 Å². The molecule has 172 valence electrons. The van der Waals surface area contributed by atoms with E-state index in [0.29, 0.717) is 0 Å². The fourth-order valence-corrected chi connectivity index (χ4v) is 5.15. The predicted octanol–water partition coefficient (Wildman–Crippen LogP) is 5.38. The van der Waals surface area contributed by atoms with Crippen LogP contribution in [-0.4, -0.2) is 22.9 Å². The van der Waals surface area contributed by atoms with Crippen molar-refractivity contribution in [3.63, 3.8) is 0 Å².